The van der Waals surface area contributed by atoms with Crippen LogP contribution in [0.3, 0.4) is 0 Å². The van der Waals surface area contributed by atoms with Crippen LogP contribution in [0.25, 0.3) is 0 Å². The molecule has 0 saturated heterocycles. The van der Waals surface area contributed by atoms with Crippen LogP contribution in [0.5, 0.6) is 0 Å². The Kier molecular flexibility index (Phi) is 6.93. The van der Waals surface area contributed by atoms with Gasteiger partial charge in [-0.05, 0) is 16.7 Å². The molecule has 0 spiro atoms. The quantitative estimate of drug-likeness (QED) is 0.520. The zero-order valence-electron chi connectivity index (χ0n) is 17.7. The molecule has 0 saturated carbocycles. The summed E-state index contributed by atoms with van der Waals surface area (Å²) in [5, 5.41) is 1.31. The van der Waals surface area contributed by atoms with Gasteiger partial charge in [0.2, 0.25) is 10.0 Å². The van der Waals surface area contributed by atoms with Gasteiger partial charge in [0.05, 0.1) is 25.9 Å². The highest BCUT2D eigenvalue weighted by Crippen LogP contribution is 2.28. The van der Waals surface area contributed by atoms with Crippen LogP contribution in [0.15, 0.2) is 84.9 Å². The first-order chi connectivity index (χ1) is 14.2. The summed E-state index contributed by atoms with van der Waals surface area (Å²) < 4.78 is 28.9. The van der Waals surface area contributed by atoms with Crippen molar-refractivity contribution in [3.63, 3.8) is 0 Å². The molecule has 2 atom stereocenters. The topological polar surface area (TPSA) is 72.2 Å². The summed E-state index contributed by atoms with van der Waals surface area (Å²) in [5.41, 5.74) is 9.01. The highest BCUT2D eigenvalue weighted by Gasteiger charge is 2.26. The SMILES string of the molecule is C[Si](C)(C)c1ccc(CS(=O)(=O)NC(c2ccccc2)C(N)c2ccccc2)cc1. The molecule has 0 aliphatic rings. The van der Waals surface area contributed by atoms with E-state index in [0.29, 0.717) is 0 Å². The van der Waals surface area contributed by atoms with Crippen LogP contribution in [-0.4, -0.2) is 16.5 Å². The van der Waals surface area contributed by atoms with E-state index in [4.69, 9.17) is 5.73 Å². The van der Waals surface area contributed by atoms with Gasteiger partial charge < -0.3 is 5.73 Å². The molecule has 158 valence electrons. The van der Waals surface area contributed by atoms with Crippen molar-refractivity contribution in [3.05, 3.63) is 102 Å². The minimum Gasteiger partial charge on any atom is -0.322 e. The fourth-order valence-electron chi connectivity index (χ4n) is 3.43. The lowest BCUT2D eigenvalue weighted by Crippen LogP contribution is -2.38. The van der Waals surface area contributed by atoms with Crippen molar-refractivity contribution in [2.75, 3.05) is 0 Å². The van der Waals surface area contributed by atoms with E-state index >= 15 is 0 Å². The van der Waals surface area contributed by atoms with Crippen molar-refractivity contribution >= 4 is 23.3 Å². The normalized spacial score (nSPS) is 14.3. The first-order valence-electron chi connectivity index (χ1n) is 10.1. The van der Waals surface area contributed by atoms with Gasteiger partial charge in [-0.2, -0.15) is 0 Å². The molecule has 0 fully saturated rings. The maximum atomic E-state index is 13.0. The number of hydrogen-bond acceptors (Lipinski definition) is 3. The van der Waals surface area contributed by atoms with Gasteiger partial charge in [0.1, 0.15) is 0 Å². The molecule has 0 aliphatic heterocycles. The van der Waals surface area contributed by atoms with Gasteiger partial charge in [-0.1, -0.05) is 110 Å². The number of nitrogens with one attached hydrogen (secondary N) is 1. The lowest BCUT2D eigenvalue weighted by molar-refractivity contribution is 0.503. The molecule has 0 bridgehead atoms. The molecule has 3 rings (SSSR count). The standard InChI is InChI=1S/C24H30N2O2SSi/c1-30(2,3)22-16-14-19(15-17-22)18-29(27,28)26-24(21-12-8-5-9-13-21)23(25)20-10-6-4-7-11-20/h4-17,23-24,26H,18,25H2,1-3H3. The zero-order valence-corrected chi connectivity index (χ0v) is 19.6. The molecule has 4 nitrogen and oxygen atoms in total. The first kappa shape index (κ1) is 22.4. The van der Waals surface area contributed by atoms with Crippen LogP contribution in [-0.2, 0) is 15.8 Å². The van der Waals surface area contributed by atoms with Gasteiger partial charge >= 0.3 is 0 Å². The number of nitrogens with two attached hydrogens (primary N) is 1. The van der Waals surface area contributed by atoms with Gasteiger partial charge in [0.25, 0.3) is 0 Å². The van der Waals surface area contributed by atoms with Gasteiger partial charge in [0, 0.05) is 0 Å². The minimum atomic E-state index is -3.60. The molecule has 0 aromatic heterocycles. The van der Waals surface area contributed by atoms with Crippen molar-refractivity contribution in [1.29, 1.82) is 0 Å². The molecule has 6 heteroatoms. The van der Waals surface area contributed by atoms with Crippen LogP contribution in [0.1, 0.15) is 28.8 Å². The third kappa shape index (κ3) is 5.89. The summed E-state index contributed by atoms with van der Waals surface area (Å²) in [6.45, 7) is 6.82. The molecule has 0 radical (unpaired) electrons. The summed E-state index contributed by atoms with van der Waals surface area (Å²) in [6.07, 6.45) is 0. The second-order valence-electron chi connectivity index (χ2n) is 8.65. The number of sulfonamides is 1. The van der Waals surface area contributed by atoms with E-state index in [0.717, 1.165) is 16.7 Å². The molecular weight excluding hydrogens is 408 g/mol. The summed E-state index contributed by atoms with van der Waals surface area (Å²) >= 11 is 0. The van der Waals surface area contributed by atoms with Crippen molar-refractivity contribution in [2.24, 2.45) is 5.73 Å². The second kappa shape index (κ2) is 9.26. The largest absolute Gasteiger partial charge is 0.322 e. The van der Waals surface area contributed by atoms with Crippen LogP contribution < -0.4 is 15.6 Å². The Bertz CT molecular complexity index is 1050. The average Bonchev–Trinajstić information content (AvgIpc) is 2.72. The smallest absolute Gasteiger partial charge is 0.216 e. The van der Waals surface area contributed by atoms with Crippen LogP contribution in [0.2, 0.25) is 19.6 Å². The summed E-state index contributed by atoms with van der Waals surface area (Å²) in [4.78, 5) is 0. The van der Waals surface area contributed by atoms with Gasteiger partial charge in [-0.25, -0.2) is 13.1 Å². The van der Waals surface area contributed by atoms with Gasteiger partial charge in [0.15, 0.2) is 0 Å². The van der Waals surface area contributed by atoms with E-state index in [-0.39, 0.29) is 5.75 Å². The predicted octanol–water partition coefficient (Wildman–Crippen LogP) is 4.09. The molecule has 2 unspecified atom stereocenters. The molecule has 30 heavy (non-hydrogen) atoms. The average molecular weight is 439 g/mol. The Hall–Kier alpha value is -2.25. The van der Waals surface area contributed by atoms with Crippen LogP contribution in [0, 0.1) is 0 Å². The summed E-state index contributed by atoms with van der Waals surface area (Å²) in [6, 6.07) is 26.0. The molecular formula is C24H30N2O2SSi. The van der Waals surface area contributed by atoms with E-state index in [1.165, 1.54) is 5.19 Å². The van der Waals surface area contributed by atoms with Crippen molar-refractivity contribution < 1.29 is 8.42 Å². The molecule has 3 N–H and O–H groups in total. The summed E-state index contributed by atoms with van der Waals surface area (Å²) in [5.74, 6) is -0.0795. The Balaban J connectivity index is 1.84. The lowest BCUT2D eigenvalue weighted by Gasteiger charge is -2.26. The van der Waals surface area contributed by atoms with Crippen molar-refractivity contribution in [1.82, 2.24) is 4.72 Å². The molecule has 3 aromatic rings. The lowest BCUT2D eigenvalue weighted by atomic mass is 9.95. The van der Waals surface area contributed by atoms with Crippen LogP contribution >= 0.6 is 0 Å². The van der Waals surface area contributed by atoms with E-state index in [9.17, 15) is 8.42 Å². The fourth-order valence-corrected chi connectivity index (χ4v) is 5.98. The molecule has 0 aliphatic carbocycles. The van der Waals surface area contributed by atoms with Crippen molar-refractivity contribution in [3.8, 4) is 0 Å². The number of rotatable bonds is 8. The minimum absolute atomic E-state index is 0.0795. The molecule has 0 heterocycles. The highest BCUT2D eigenvalue weighted by atomic mass is 32.2. The van der Waals surface area contributed by atoms with E-state index < -0.39 is 30.2 Å². The number of hydrogen-bond donors (Lipinski definition) is 2. The van der Waals surface area contributed by atoms with E-state index in [2.05, 4.69) is 36.5 Å². The molecule has 0 amide bonds. The Morgan fingerprint density at radius 1 is 0.800 bits per heavy atom. The predicted molar refractivity (Wildman–Crippen MR) is 128 cm³/mol. The first-order valence-corrected chi connectivity index (χ1v) is 15.3. The second-order valence-corrected chi connectivity index (χ2v) is 15.5. The van der Waals surface area contributed by atoms with E-state index in [1.807, 2.05) is 72.8 Å². The zero-order chi connectivity index (χ0) is 21.8. The van der Waals surface area contributed by atoms with Gasteiger partial charge in [-0.15, -0.1) is 0 Å². The highest BCUT2D eigenvalue weighted by molar-refractivity contribution is 7.88. The number of benzene rings is 3. The maximum absolute atomic E-state index is 13.0. The Morgan fingerprint density at radius 3 is 1.80 bits per heavy atom. The third-order valence-corrected chi connectivity index (χ3v) is 8.58. The Morgan fingerprint density at radius 2 is 1.30 bits per heavy atom. The maximum Gasteiger partial charge on any atom is 0.216 e. The van der Waals surface area contributed by atoms with Gasteiger partial charge in [-0.3, -0.25) is 0 Å². The Labute approximate surface area is 181 Å². The van der Waals surface area contributed by atoms with Crippen LogP contribution in [0.4, 0.5) is 0 Å². The van der Waals surface area contributed by atoms with E-state index in [1.54, 1.807) is 0 Å². The molecule has 3 aromatic carbocycles. The third-order valence-electron chi connectivity index (χ3n) is 5.19. The fraction of sp³-hybridized carbons (Fsp3) is 0.250. The monoisotopic (exact) mass is 438 g/mol. The summed E-state index contributed by atoms with van der Waals surface area (Å²) in [7, 11) is -5.02. The van der Waals surface area contributed by atoms with Crippen molar-refractivity contribution in [2.45, 2.75) is 37.5 Å².